The normalized spacial score (nSPS) is 18.3. The van der Waals surface area contributed by atoms with Crippen LogP contribution in [0, 0.1) is 5.82 Å². The Kier molecular flexibility index (Phi) is 5.34. The van der Waals surface area contributed by atoms with Gasteiger partial charge in [-0.3, -0.25) is 0 Å². The summed E-state index contributed by atoms with van der Waals surface area (Å²) in [5.74, 6) is -0.328. The molecule has 0 bridgehead atoms. The summed E-state index contributed by atoms with van der Waals surface area (Å²) in [7, 11) is 0. The van der Waals surface area contributed by atoms with Crippen molar-refractivity contribution in [2.24, 2.45) is 0 Å². The van der Waals surface area contributed by atoms with Crippen LogP contribution in [0.4, 0.5) is 10.1 Å². The molecule has 20 heavy (non-hydrogen) atoms. The zero-order valence-electron chi connectivity index (χ0n) is 11.8. The van der Waals surface area contributed by atoms with Crippen LogP contribution >= 0.6 is 0 Å². The quantitative estimate of drug-likeness (QED) is 0.866. The smallest absolute Gasteiger partial charge is 0.123 e. The summed E-state index contributed by atoms with van der Waals surface area (Å²) in [6.45, 7) is 3.68. The van der Waals surface area contributed by atoms with E-state index in [0.717, 1.165) is 31.6 Å². The highest BCUT2D eigenvalue weighted by Gasteiger charge is 2.22. The number of piperidine rings is 1. The van der Waals surface area contributed by atoms with Gasteiger partial charge in [0, 0.05) is 24.3 Å². The van der Waals surface area contributed by atoms with Gasteiger partial charge in [0.1, 0.15) is 5.82 Å². The van der Waals surface area contributed by atoms with Crippen LogP contribution in [0.3, 0.4) is 0 Å². The van der Waals surface area contributed by atoms with Crippen molar-refractivity contribution >= 4 is 5.69 Å². The number of halogens is 1. The third-order valence-corrected chi connectivity index (χ3v) is 3.67. The van der Waals surface area contributed by atoms with Gasteiger partial charge < -0.3 is 19.8 Å². The van der Waals surface area contributed by atoms with Gasteiger partial charge in [-0.25, -0.2) is 4.39 Å². The highest BCUT2D eigenvalue weighted by atomic mass is 19.1. The Hall–Kier alpha value is -1.17. The number of nitrogens with zero attached hydrogens (tertiary/aromatic N) is 1. The molecular formula is C15H22FNO3. The maximum Gasteiger partial charge on any atom is 0.123 e. The molecule has 1 saturated heterocycles. The van der Waals surface area contributed by atoms with E-state index < -0.39 is 6.10 Å². The van der Waals surface area contributed by atoms with Gasteiger partial charge in [0.15, 0.2) is 0 Å². The van der Waals surface area contributed by atoms with Crippen molar-refractivity contribution in [2.75, 3.05) is 31.2 Å². The lowest BCUT2D eigenvalue weighted by atomic mass is 10.0. The highest BCUT2D eigenvalue weighted by Crippen LogP contribution is 2.29. The Balaban J connectivity index is 2.03. The molecule has 0 spiro atoms. The van der Waals surface area contributed by atoms with Crippen molar-refractivity contribution in [3.05, 3.63) is 29.6 Å². The minimum Gasteiger partial charge on any atom is -0.394 e. The SMILES string of the molecule is C[C@@H](O)c1cc(F)ccc1N1CCC(OCCO)CC1. The molecule has 0 unspecified atom stereocenters. The molecular weight excluding hydrogens is 261 g/mol. The maximum absolute atomic E-state index is 13.3. The number of aliphatic hydroxyl groups excluding tert-OH is 2. The van der Waals surface area contributed by atoms with E-state index in [4.69, 9.17) is 9.84 Å². The fourth-order valence-electron chi connectivity index (χ4n) is 2.63. The topological polar surface area (TPSA) is 52.9 Å². The monoisotopic (exact) mass is 283 g/mol. The number of anilines is 1. The van der Waals surface area contributed by atoms with Crippen molar-refractivity contribution in [3.8, 4) is 0 Å². The molecule has 1 aromatic rings. The van der Waals surface area contributed by atoms with Crippen molar-refractivity contribution in [1.29, 1.82) is 0 Å². The third kappa shape index (κ3) is 3.69. The van der Waals surface area contributed by atoms with Gasteiger partial charge in [-0.15, -0.1) is 0 Å². The van der Waals surface area contributed by atoms with Crippen LogP contribution in [0.25, 0.3) is 0 Å². The summed E-state index contributed by atoms with van der Waals surface area (Å²) in [5, 5.41) is 18.5. The van der Waals surface area contributed by atoms with E-state index in [1.54, 1.807) is 13.0 Å². The van der Waals surface area contributed by atoms with Crippen molar-refractivity contribution in [2.45, 2.75) is 32.0 Å². The first-order valence-electron chi connectivity index (χ1n) is 7.06. The molecule has 112 valence electrons. The second kappa shape index (κ2) is 7.02. The number of benzene rings is 1. The predicted molar refractivity (Wildman–Crippen MR) is 75.3 cm³/mol. The largest absolute Gasteiger partial charge is 0.394 e. The van der Waals surface area contributed by atoms with Crippen LogP contribution in [-0.2, 0) is 4.74 Å². The van der Waals surface area contributed by atoms with Crippen LogP contribution in [0.5, 0.6) is 0 Å². The molecule has 5 heteroatoms. The second-order valence-electron chi connectivity index (χ2n) is 5.16. The Morgan fingerprint density at radius 2 is 2.10 bits per heavy atom. The van der Waals surface area contributed by atoms with Crippen molar-refractivity contribution in [1.82, 2.24) is 0 Å². The Bertz CT molecular complexity index is 431. The molecule has 0 radical (unpaired) electrons. The zero-order chi connectivity index (χ0) is 14.5. The van der Waals surface area contributed by atoms with Gasteiger partial charge in [-0.1, -0.05) is 0 Å². The van der Waals surface area contributed by atoms with E-state index in [-0.39, 0.29) is 18.5 Å². The van der Waals surface area contributed by atoms with Crippen LogP contribution in [0.15, 0.2) is 18.2 Å². The van der Waals surface area contributed by atoms with Crippen LogP contribution in [0.2, 0.25) is 0 Å². The van der Waals surface area contributed by atoms with Gasteiger partial charge in [-0.2, -0.15) is 0 Å². The lowest BCUT2D eigenvalue weighted by Gasteiger charge is -2.35. The van der Waals surface area contributed by atoms with E-state index in [1.807, 2.05) is 0 Å². The van der Waals surface area contributed by atoms with Crippen LogP contribution in [-0.4, -0.2) is 42.6 Å². The molecule has 1 heterocycles. The molecule has 1 fully saturated rings. The first-order chi connectivity index (χ1) is 9.61. The van der Waals surface area contributed by atoms with Gasteiger partial charge in [0.2, 0.25) is 0 Å². The molecule has 2 rings (SSSR count). The van der Waals surface area contributed by atoms with E-state index in [0.29, 0.717) is 12.2 Å². The summed E-state index contributed by atoms with van der Waals surface area (Å²) >= 11 is 0. The lowest BCUT2D eigenvalue weighted by Crippen LogP contribution is -2.38. The molecule has 1 aromatic carbocycles. The van der Waals surface area contributed by atoms with Gasteiger partial charge >= 0.3 is 0 Å². The van der Waals surface area contributed by atoms with E-state index in [2.05, 4.69) is 4.90 Å². The van der Waals surface area contributed by atoms with Crippen molar-refractivity contribution < 1.29 is 19.3 Å². The molecule has 0 saturated carbocycles. The van der Waals surface area contributed by atoms with Gasteiger partial charge in [0.25, 0.3) is 0 Å². The molecule has 0 aromatic heterocycles. The number of aliphatic hydroxyl groups is 2. The van der Waals surface area contributed by atoms with Gasteiger partial charge in [0.05, 0.1) is 25.4 Å². The summed E-state index contributed by atoms with van der Waals surface area (Å²) < 4.78 is 18.8. The number of rotatable bonds is 5. The minimum atomic E-state index is -0.691. The number of ether oxygens (including phenoxy) is 1. The first kappa shape index (κ1) is 15.2. The molecule has 4 nitrogen and oxygen atoms in total. The summed E-state index contributed by atoms with van der Waals surface area (Å²) in [4.78, 5) is 2.15. The second-order valence-corrected chi connectivity index (χ2v) is 5.16. The molecule has 1 atom stereocenters. The first-order valence-corrected chi connectivity index (χ1v) is 7.06. The molecule has 1 aliphatic rings. The minimum absolute atomic E-state index is 0.0460. The van der Waals surface area contributed by atoms with Crippen LogP contribution in [0.1, 0.15) is 31.4 Å². The average Bonchev–Trinajstić information content (AvgIpc) is 2.45. The predicted octanol–water partition coefficient (Wildman–Crippen LogP) is 1.86. The summed E-state index contributed by atoms with van der Waals surface area (Å²) in [5.41, 5.74) is 1.52. The molecule has 2 N–H and O–H groups in total. The fraction of sp³-hybridized carbons (Fsp3) is 0.600. The maximum atomic E-state index is 13.3. The lowest BCUT2D eigenvalue weighted by molar-refractivity contribution is 0.0158. The highest BCUT2D eigenvalue weighted by molar-refractivity contribution is 5.55. The molecule has 1 aliphatic heterocycles. The Labute approximate surface area is 118 Å². The third-order valence-electron chi connectivity index (χ3n) is 3.67. The molecule has 0 amide bonds. The fourth-order valence-corrected chi connectivity index (χ4v) is 2.63. The van der Waals surface area contributed by atoms with E-state index >= 15 is 0 Å². The number of hydrogen-bond donors (Lipinski definition) is 2. The zero-order valence-corrected chi connectivity index (χ0v) is 11.8. The standard InChI is InChI=1S/C15H22FNO3/c1-11(19)14-10-12(16)2-3-15(14)17-6-4-13(5-7-17)20-9-8-18/h2-3,10-11,13,18-19H,4-9H2,1H3/t11-/m1/s1. The average molecular weight is 283 g/mol. The molecule has 0 aliphatic carbocycles. The Morgan fingerprint density at radius 3 is 2.70 bits per heavy atom. The van der Waals surface area contributed by atoms with Crippen molar-refractivity contribution in [3.63, 3.8) is 0 Å². The van der Waals surface area contributed by atoms with Gasteiger partial charge in [-0.05, 0) is 38.0 Å². The van der Waals surface area contributed by atoms with E-state index in [9.17, 15) is 9.50 Å². The van der Waals surface area contributed by atoms with Crippen LogP contribution < -0.4 is 4.90 Å². The summed E-state index contributed by atoms with van der Waals surface area (Å²) in [6, 6.07) is 4.55. The Morgan fingerprint density at radius 1 is 1.40 bits per heavy atom. The number of hydrogen-bond acceptors (Lipinski definition) is 4. The van der Waals surface area contributed by atoms with E-state index in [1.165, 1.54) is 12.1 Å². The summed E-state index contributed by atoms with van der Waals surface area (Å²) in [6.07, 6.45) is 1.23.